The van der Waals surface area contributed by atoms with Crippen LogP contribution in [0.3, 0.4) is 0 Å². The van der Waals surface area contributed by atoms with E-state index in [4.69, 9.17) is 15.6 Å². The molecule has 0 bridgehead atoms. The third-order valence-corrected chi connectivity index (χ3v) is 4.49. The molecule has 2 heterocycles. The van der Waals surface area contributed by atoms with Gasteiger partial charge in [0.2, 0.25) is 0 Å². The Morgan fingerprint density at radius 2 is 1.91 bits per heavy atom. The lowest BCUT2D eigenvalue weighted by molar-refractivity contribution is 0.0904. The first-order valence-corrected chi connectivity index (χ1v) is 8.68. The first-order valence-electron chi connectivity index (χ1n) is 8.68. The smallest absolute Gasteiger partial charge is 0.148 e. The number of aryl methyl sites for hydroxylation is 1. The Balaban J connectivity index is 2.49. The predicted molar refractivity (Wildman–Crippen MR) is 93.6 cm³/mol. The number of nitrogens with one attached hydrogen (secondary N) is 1. The molecule has 1 fully saturated rings. The predicted octanol–water partition coefficient (Wildman–Crippen LogP) is 1.99. The van der Waals surface area contributed by atoms with Gasteiger partial charge in [0.25, 0.3) is 0 Å². The molecule has 0 aromatic carbocycles. The minimum absolute atomic E-state index is 0.00823. The molecule has 6 heteroatoms. The molecule has 0 spiro atoms. The van der Waals surface area contributed by atoms with Crippen molar-refractivity contribution < 1.29 is 9.84 Å². The molecule has 130 valence electrons. The number of nitrogens with zero attached hydrogens (tertiary/aromatic N) is 2. The van der Waals surface area contributed by atoms with Gasteiger partial charge in [-0.3, -0.25) is 5.01 Å². The van der Waals surface area contributed by atoms with Crippen LogP contribution in [0.15, 0.2) is 0 Å². The Hall–Kier alpha value is -1.37. The van der Waals surface area contributed by atoms with E-state index in [0.717, 1.165) is 67.2 Å². The first-order chi connectivity index (χ1) is 11.2. The second kappa shape index (κ2) is 8.47. The number of hydrazine groups is 1. The van der Waals surface area contributed by atoms with Crippen LogP contribution in [0.4, 0.5) is 11.5 Å². The molecule has 0 amide bonds. The third-order valence-electron chi connectivity index (χ3n) is 4.49. The highest BCUT2D eigenvalue weighted by atomic mass is 16.5. The maximum atomic E-state index is 9.92. The maximum Gasteiger partial charge on any atom is 0.148 e. The van der Waals surface area contributed by atoms with Gasteiger partial charge in [-0.25, -0.2) is 10.8 Å². The first kappa shape index (κ1) is 18.0. The van der Waals surface area contributed by atoms with Gasteiger partial charge in [0.15, 0.2) is 0 Å². The van der Waals surface area contributed by atoms with Gasteiger partial charge >= 0.3 is 0 Å². The molecule has 0 aliphatic carbocycles. The Labute approximate surface area is 139 Å². The van der Waals surface area contributed by atoms with E-state index in [9.17, 15) is 5.11 Å². The number of aromatic nitrogens is 1. The minimum Gasteiger partial charge on any atom is -0.392 e. The van der Waals surface area contributed by atoms with E-state index in [1.807, 2.05) is 6.92 Å². The van der Waals surface area contributed by atoms with E-state index >= 15 is 0 Å². The molecule has 1 saturated heterocycles. The van der Waals surface area contributed by atoms with Crippen molar-refractivity contribution in [3.05, 3.63) is 16.8 Å². The Kier molecular flexibility index (Phi) is 6.62. The lowest BCUT2D eigenvalue weighted by Crippen LogP contribution is -2.34. The molecule has 0 atom stereocenters. The zero-order chi connectivity index (χ0) is 16.8. The summed E-state index contributed by atoms with van der Waals surface area (Å²) in [6.07, 6.45) is 3.55. The van der Waals surface area contributed by atoms with Gasteiger partial charge in [-0.2, -0.15) is 0 Å². The molecule has 4 N–H and O–H groups in total. The standard InChI is InChI=1S/C17H30N4O2/c1-4-13-16(19-12-7-9-23-10-8-12)14(11-22)15(5-2)20-17(13)21(18)6-3/h12,22H,4-11,18H2,1-3H3,(H,19,20). The van der Waals surface area contributed by atoms with Crippen molar-refractivity contribution in [1.82, 2.24) is 4.98 Å². The lowest BCUT2D eigenvalue weighted by Gasteiger charge is -2.29. The number of aliphatic hydroxyl groups excluding tert-OH is 1. The van der Waals surface area contributed by atoms with E-state index < -0.39 is 0 Å². The molecule has 1 aliphatic heterocycles. The highest BCUT2D eigenvalue weighted by Gasteiger charge is 2.22. The van der Waals surface area contributed by atoms with Crippen molar-refractivity contribution >= 4 is 11.5 Å². The summed E-state index contributed by atoms with van der Waals surface area (Å²) >= 11 is 0. The lowest BCUT2D eigenvalue weighted by atomic mass is 10.0. The Morgan fingerprint density at radius 3 is 2.43 bits per heavy atom. The zero-order valence-corrected chi connectivity index (χ0v) is 14.6. The number of pyridine rings is 1. The van der Waals surface area contributed by atoms with Crippen molar-refractivity contribution in [3.63, 3.8) is 0 Å². The third kappa shape index (κ3) is 3.94. The normalized spacial score (nSPS) is 15.7. The van der Waals surface area contributed by atoms with Crippen molar-refractivity contribution in [2.24, 2.45) is 5.84 Å². The Morgan fingerprint density at radius 1 is 1.22 bits per heavy atom. The summed E-state index contributed by atoms with van der Waals surface area (Å²) in [7, 11) is 0. The zero-order valence-electron chi connectivity index (χ0n) is 14.6. The van der Waals surface area contributed by atoms with Crippen molar-refractivity contribution in [2.75, 3.05) is 30.1 Å². The number of rotatable bonds is 7. The summed E-state index contributed by atoms with van der Waals surface area (Å²) < 4.78 is 5.44. The molecule has 23 heavy (non-hydrogen) atoms. The fourth-order valence-electron chi connectivity index (χ4n) is 3.11. The van der Waals surface area contributed by atoms with Crippen LogP contribution in [-0.4, -0.2) is 35.9 Å². The molecule has 1 aliphatic rings. The molecular formula is C17H30N4O2. The Bertz CT molecular complexity index is 516. The summed E-state index contributed by atoms with van der Waals surface area (Å²) in [6.45, 7) is 8.42. The summed E-state index contributed by atoms with van der Waals surface area (Å²) in [5.41, 5.74) is 3.93. The van der Waals surface area contributed by atoms with Gasteiger partial charge < -0.3 is 15.2 Å². The highest BCUT2D eigenvalue weighted by Crippen LogP contribution is 2.33. The fourth-order valence-corrected chi connectivity index (χ4v) is 3.11. The van der Waals surface area contributed by atoms with Crippen LogP contribution >= 0.6 is 0 Å². The number of hydrogen-bond donors (Lipinski definition) is 3. The summed E-state index contributed by atoms with van der Waals surface area (Å²) in [5.74, 6) is 6.97. The van der Waals surface area contributed by atoms with Crippen molar-refractivity contribution in [3.8, 4) is 0 Å². The second-order valence-electron chi connectivity index (χ2n) is 5.90. The van der Waals surface area contributed by atoms with Crippen LogP contribution < -0.4 is 16.2 Å². The van der Waals surface area contributed by atoms with Crippen molar-refractivity contribution in [1.29, 1.82) is 0 Å². The molecule has 6 nitrogen and oxygen atoms in total. The molecule has 2 rings (SSSR count). The van der Waals surface area contributed by atoms with Crippen LogP contribution in [0, 0.1) is 0 Å². The number of aliphatic hydroxyl groups is 1. The van der Waals surface area contributed by atoms with Gasteiger partial charge in [0, 0.05) is 42.6 Å². The van der Waals surface area contributed by atoms with Crippen LogP contribution in [0.5, 0.6) is 0 Å². The molecule has 0 radical (unpaired) electrons. The van der Waals surface area contributed by atoms with Gasteiger partial charge in [-0.15, -0.1) is 0 Å². The van der Waals surface area contributed by atoms with Crippen LogP contribution in [0.25, 0.3) is 0 Å². The summed E-state index contributed by atoms with van der Waals surface area (Å²) in [6, 6.07) is 0.368. The largest absolute Gasteiger partial charge is 0.392 e. The second-order valence-corrected chi connectivity index (χ2v) is 5.90. The summed E-state index contributed by atoms with van der Waals surface area (Å²) in [5, 5.41) is 15.3. The number of ether oxygens (including phenoxy) is 1. The maximum absolute atomic E-state index is 9.92. The van der Waals surface area contributed by atoms with Crippen LogP contribution in [0.2, 0.25) is 0 Å². The van der Waals surface area contributed by atoms with E-state index in [-0.39, 0.29) is 6.61 Å². The number of anilines is 2. The number of nitrogens with two attached hydrogens (primary N) is 1. The molecule has 0 saturated carbocycles. The van der Waals surface area contributed by atoms with Crippen molar-refractivity contribution in [2.45, 2.75) is 59.1 Å². The monoisotopic (exact) mass is 322 g/mol. The minimum atomic E-state index is -0.00823. The summed E-state index contributed by atoms with van der Waals surface area (Å²) in [4.78, 5) is 4.73. The van der Waals surface area contributed by atoms with E-state index in [2.05, 4.69) is 19.2 Å². The average molecular weight is 322 g/mol. The molecule has 0 unspecified atom stereocenters. The quantitative estimate of drug-likeness (QED) is 0.526. The fraction of sp³-hybridized carbons (Fsp3) is 0.706. The topological polar surface area (TPSA) is 83.6 Å². The van der Waals surface area contributed by atoms with Gasteiger partial charge in [0.05, 0.1) is 12.3 Å². The van der Waals surface area contributed by atoms with E-state index in [0.29, 0.717) is 12.6 Å². The van der Waals surface area contributed by atoms with Gasteiger partial charge in [-0.05, 0) is 32.6 Å². The molecule has 1 aromatic rings. The van der Waals surface area contributed by atoms with E-state index in [1.54, 1.807) is 5.01 Å². The van der Waals surface area contributed by atoms with Crippen LogP contribution in [0.1, 0.15) is 50.4 Å². The van der Waals surface area contributed by atoms with Gasteiger partial charge in [0.1, 0.15) is 5.82 Å². The number of hydrogen-bond acceptors (Lipinski definition) is 6. The van der Waals surface area contributed by atoms with Crippen LogP contribution in [-0.2, 0) is 24.2 Å². The van der Waals surface area contributed by atoms with Gasteiger partial charge in [-0.1, -0.05) is 13.8 Å². The molecular weight excluding hydrogens is 292 g/mol. The van der Waals surface area contributed by atoms with E-state index in [1.165, 1.54) is 0 Å². The molecule has 1 aromatic heterocycles. The SMILES string of the molecule is CCc1nc(N(N)CC)c(CC)c(NC2CCOCC2)c1CO. The highest BCUT2D eigenvalue weighted by molar-refractivity contribution is 5.68. The average Bonchev–Trinajstić information content (AvgIpc) is 2.60.